The summed E-state index contributed by atoms with van der Waals surface area (Å²) in [6, 6.07) is 10.1. The number of morpholine rings is 1. The van der Waals surface area contributed by atoms with Gasteiger partial charge < -0.3 is 4.74 Å². The molecule has 5 heteroatoms. The van der Waals surface area contributed by atoms with Crippen LogP contribution >= 0.6 is 12.4 Å². The Bertz CT molecular complexity index is 656. The number of ether oxygens (including phenoxy) is 1. The van der Waals surface area contributed by atoms with Crippen LogP contribution in [0.1, 0.15) is 16.8 Å². The van der Waals surface area contributed by atoms with E-state index in [-0.39, 0.29) is 24.0 Å². The quantitative estimate of drug-likeness (QED) is 0.809. The van der Waals surface area contributed by atoms with Crippen LogP contribution in [0.4, 0.5) is 4.39 Å². The second-order valence-corrected chi connectivity index (χ2v) is 5.27. The summed E-state index contributed by atoms with van der Waals surface area (Å²) in [6.07, 6.45) is 0.454. The van der Waals surface area contributed by atoms with Gasteiger partial charge in [-0.15, -0.1) is 12.4 Å². The summed E-state index contributed by atoms with van der Waals surface area (Å²) in [6.45, 7) is 3.93. The molecule has 0 amide bonds. The van der Waals surface area contributed by atoms with E-state index in [0.29, 0.717) is 22.8 Å². The van der Waals surface area contributed by atoms with Crippen LogP contribution in [-0.4, -0.2) is 43.5 Å². The van der Waals surface area contributed by atoms with Gasteiger partial charge in [-0.1, -0.05) is 24.3 Å². The van der Waals surface area contributed by atoms with Crippen molar-refractivity contribution < 1.29 is 13.9 Å². The first-order valence-electron chi connectivity index (χ1n) is 7.26. The van der Waals surface area contributed by atoms with E-state index in [1.165, 1.54) is 6.07 Å². The zero-order chi connectivity index (χ0) is 14.7. The number of halogens is 2. The van der Waals surface area contributed by atoms with Gasteiger partial charge in [0, 0.05) is 37.0 Å². The largest absolute Gasteiger partial charge is 0.379 e. The first-order valence-corrected chi connectivity index (χ1v) is 7.26. The van der Waals surface area contributed by atoms with Crippen LogP contribution in [-0.2, 0) is 4.74 Å². The molecule has 1 saturated heterocycles. The highest BCUT2D eigenvalue weighted by molar-refractivity contribution is 6.08. The summed E-state index contributed by atoms with van der Waals surface area (Å²) in [7, 11) is 0. The number of rotatable bonds is 4. The van der Waals surface area contributed by atoms with Crippen molar-refractivity contribution in [1.29, 1.82) is 0 Å². The molecule has 0 aliphatic carbocycles. The van der Waals surface area contributed by atoms with Crippen LogP contribution < -0.4 is 0 Å². The van der Waals surface area contributed by atoms with Gasteiger partial charge in [0.25, 0.3) is 0 Å². The molecule has 2 aromatic carbocycles. The zero-order valence-electron chi connectivity index (χ0n) is 12.3. The van der Waals surface area contributed by atoms with Crippen molar-refractivity contribution in [3.63, 3.8) is 0 Å². The van der Waals surface area contributed by atoms with Gasteiger partial charge in [-0.2, -0.15) is 0 Å². The highest BCUT2D eigenvalue weighted by Crippen LogP contribution is 2.23. The van der Waals surface area contributed by atoms with E-state index in [1.54, 1.807) is 24.3 Å². The normalized spacial score (nSPS) is 15.5. The molecule has 1 aliphatic heterocycles. The molecule has 22 heavy (non-hydrogen) atoms. The smallest absolute Gasteiger partial charge is 0.164 e. The van der Waals surface area contributed by atoms with Gasteiger partial charge in [-0.3, -0.25) is 9.69 Å². The number of hydrogen-bond acceptors (Lipinski definition) is 3. The maximum Gasteiger partial charge on any atom is 0.164 e. The van der Waals surface area contributed by atoms with Gasteiger partial charge in [-0.05, 0) is 17.5 Å². The lowest BCUT2D eigenvalue weighted by Crippen LogP contribution is -2.37. The minimum atomic E-state index is -0.282. The van der Waals surface area contributed by atoms with E-state index in [1.807, 2.05) is 6.07 Å². The van der Waals surface area contributed by atoms with Crippen LogP contribution in [0.25, 0.3) is 10.8 Å². The topological polar surface area (TPSA) is 29.5 Å². The number of Topliss-reactive ketones (excluding diaryl/α,β-unsaturated/α-hetero) is 1. The number of benzene rings is 2. The van der Waals surface area contributed by atoms with Crippen molar-refractivity contribution in [2.75, 3.05) is 32.8 Å². The molecule has 2 aromatic rings. The second-order valence-electron chi connectivity index (χ2n) is 5.27. The van der Waals surface area contributed by atoms with Gasteiger partial charge in [-0.25, -0.2) is 4.39 Å². The SMILES string of the molecule is Cl.O=C(CCN1CCOCC1)c1ccc(F)c2ccccc12. The molecular weight excluding hydrogens is 305 g/mol. The molecule has 0 aromatic heterocycles. The Morgan fingerprint density at radius 2 is 1.77 bits per heavy atom. The fraction of sp³-hybridized carbons (Fsp3) is 0.353. The molecule has 0 radical (unpaired) electrons. The number of nitrogens with zero attached hydrogens (tertiary/aromatic N) is 1. The van der Waals surface area contributed by atoms with E-state index in [4.69, 9.17) is 4.74 Å². The lowest BCUT2D eigenvalue weighted by Gasteiger charge is -2.26. The first kappa shape index (κ1) is 16.9. The van der Waals surface area contributed by atoms with E-state index in [9.17, 15) is 9.18 Å². The number of fused-ring (bicyclic) bond motifs is 1. The molecule has 3 nitrogen and oxygen atoms in total. The van der Waals surface area contributed by atoms with Crippen LogP contribution in [0, 0.1) is 5.82 Å². The Balaban J connectivity index is 0.00000176. The third-order valence-corrected chi connectivity index (χ3v) is 3.93. The average Bonchev–Trinajstić information content (AvgIpc) is 2.54. The maximum absolute atomic E-state index is 13.8. The molecule has 3 rings (SSSR count). The molecule has 118 valence electrons. The minimum absolute atomic E-state index is 0. The molecule has 0 spiro atoms. The molecular formula is C17H19ClFNO2. The summed E-state index contributed by atoms with van der Waals surface area (Å²) in [5.41, 5.74) is 0.611. The Labute approximate surface area is 135 Å². The summed E-state index contributed by atoms with van der Waals surface area (Å²) in [5, 5.41) is 1.21. The van der Waals surface area contributed by atoms with Crippen molar-refractivity contribution in [2.24, 2.45) is 0 Å². The number of ketones is 1. The predicted molar refractivity (Wildman–Crippen MR) is 87.4 cm³/mol. The summed E-state index contributed by atoms with van der Waals surface area (Å²) in [4.78, 5) is 14.7. The van der Waals surface area contributed by atoms with Crippen LogP contribution in [0.15, 0.2) is 36.4 Å². The standard InChI is InChI=1S/C17H18FNO2.ClH/c18-16-6-5-15(13-3-1-2-4-14(13)16)17(20)7-8-19-9-11-21-12-10-19;/h1-6H,7-12H2;1H. The monoisotopic (exact) mass is 323 g/mol. The third-order valence-electron chi connectivity index (χ3n) is 3.93. The summed E-state index contributed by atoms with van der Waals surface area (Å²) in [5.74, 6) is -0.215. The number of carbonyl (C=O) groups is 1. The van der Waals surface area contributed by atoms with E-state index in [2.05, 4.69) is 4.90 Å². The van der Waals surface area contributed by atoms with E-state index >= 15 is 0 Å². The van der Waals surface area contributed by atoms with Gasteiger partial charge >= 0.3 is 0 Å². The fourth-order valence-corrected chi connectivity index (χ4v) is 2.72. The predicted octanol–water partition coefficient (Wildman–Crippen LogP) is 3.31. The molecule has 0 N–H and O–H groups in total. The zero-order valence-corrected chi connectivity index (χ0v) is 13.1. The summed E-state index contributed by atoms with van der Waals surface area (Å²) < 4.78 is 19.1. The molecule has 0 atom stereocenters. The minimum Gasteiger partial charge on any atom is -0.379 e. The van der Waals surface area contributed by atoms with Gasteiger partial charge in [0.15, 0.2) is 5.78 Å². The maximum atomic E-state index is 13.8. The number of hydrogen-bond donors (Lipinski definition) is 0. The summed E-state index contributed by atoms with van der Waals surface area (Å²) >= 11 is 0. The van der Waals surface area contributed by atoms with Gasteiger partial charge in [0.05, 0.1) is 13.2 Å². The second kappa shape index (κ2) is 7.68. The highest BCUT2D eigenvalue weighted by Gasteiger charge is 2.15. The number of carbonyl (C=O) groups excluding carboxylic acids is 1. The fourth-order valence-electron chi connectivity index (χ4n) is 2.72. The molecule has 1 aliphatic rings. The molecule has 1 fully saturated rings. The first-order chi connectivity index (χ1) is 10.3. The van der Waals surface area contributed by atoms with Crippen LogP contribution in [0.2, 0.25) is 0 Å². The average molecular weight is 324 g/mol. The van der Waals surface area contributed by atoms with Crippen molar-refractivity contribution >= 4 is 29.0 Å². The molecule has 1 heterocycles. The molecule has 0 saturated carbocycles. The Morgan fingerprint density at radius 1 is 1.09 bits per heavy atom. The Kier molecular flexibility index (Phi) is 5.89. The van der Waals surface area contributed by atoms with Gasteiger partial charge in [0.1, 0.15) is 5.82 Å². The third kappa shape index (κ3) is 3.64. The van der Waals surface area contributed by atoms with Crippen molar-refractivity contribution in [2.45, 2.75) is 6.42 Å². The lowest BCUT2D eigenvalue weighted by atomic mass is 9.99. The molecule has 0 bridgehead atoms. The highest BCUT2D eigenvalue weighted by atomic mass is 35.5. The van der Waals surface area contributed by atoms with Crippen molar-refractivity contribution in [3.05, 3.63) is 47.8 Å². The Morgan fingerprint density at radius 3 is 2.50 bits per heavy atom. The van der Waals surface area contributed by atoms with Crippen molar-refractivity contribution in [1.82, 2.24) is 4.90 Å². The molecule has 0 unspecified atom stereocenters. The van der Waals surface area contributed by atoms with E-state index in [0.717, 1.165) is 32.8 Å². The lowest BCUT2D eigenvalue weighted by molar-refractivity contribution is 0.0370. The van der Waals surface area contributed by atoms with Crippen LogP contribution in [0.5, 0.6) is 0 Å². The van der Waals surface area contributed by atoms with Crippen LogP contribution in [0.3, 0.4) is 0 Å². The van der Waals surface area contributed by atoms with Crippen molar-refractivity contribution in [3.8, 4) is 0 Å². The van der Waals surface area contributed by atoms with E-state index < -0.39 is 0 Å². The Hall–Kier alpha value is -1.49. The van der Waals surface area contributed by atoms with Gasteiger partial charge in [0.2, 0.25) is 0 Å².